The number of fused-ring (bicyclic) bond motifs is 1. The predicted octanol–water partition coefficient (Wildman–Crippen LogP) is 3.60. The number of hydrogen-bond donors (Lipinski definition) is 2. The molecule has 0 amide bonds. The van der Waals surface area contributed by atoms with Crippen molar-refractivity contribution in [2.24, 2.45) is 0 Å². The lowest BCUT2D eigenvalue weighted by Gasteiger charge is -2.12. The zero-order valence-corrected chi connectivity index (χ0v) is 13.8. The number of benzene rings is 2. The van der Waals surface area contributed by atoms with Crippen LogP contribution in [-0.2, 0) is 19.3 Å². The molecule has 0 saturated heterocycles. The normalized spacial score (nSPS) is 12.8. The van der Waals surface area contributed by atoms with Crippen molar-refractivity contribution in [2.75, 3.05) is 6.79 Å². The van der Waals surface area contributed by atoms with Gasteiger partial charge in [0.25, 0.3) is 0 Å². The van der Waals surface area contributed by atoms with Gasteiger partial charge in [0.05, 0.1) is 5.56 Å². The van der Waals surface area contributed by atoms with Gasteiger partial charge in [0, 0.05) is 13.1 Å². The molecular weight excluding hydrogens is 353 g/mol. The molecule has 0 bridgehead atoms. The molecule has 2 N–H and O–H groups in total. The largest absolute Gasteiger partial charge is 0.454 e. The molecule has 3 rings (SSSR count). The van der Waals surface area contributed by atoms with Crippen molar-refractivity contribution in [2.45, 2.75) is 19.3 Å². The molecule has 0 fully saturated rings. The summed E-state index contributed by atoms with van der Waals surface area (Å²) >= 11 is 5.18. The lowest BCUT2D eigenvalue weighted by atomic mass is 10.1. The smallest absolute Gasteiger partial charge is 0.416 e. The minimum atomic E-state index is -4.33. The van der Waals surface area contributed by atoms with Crippen LogP contribution >= 0.6 is 12.2 Å². The lowest BCUT2D eigenvalue weighted by molar-refractivity contribution is -0.137. The van der Waals surface area contributed by atoms with Crippen molar-refractivity contribution < 1.29 is 22.6 Å². The molecule has 8 heteroatoms. The van der Waals surface area contributed by atoms with E-state index in [9.17, 15) is 13.2 Å². The molecule has 132 valence electrons. The maximum Gasteiger partial charge on any atom is 0.416 e. The number of hydrogen-bond acceptors (Lipinski definition) is 3. The van der Waals surface area contributed by atoms with E-state index in [0.717, 1.165) is 17.7 Å². The molecule has 1 aliphatic rings. The molecule has 0 unspecified atom stereocenters. The van der Waals surface area contributed by atoms with E-state index in [4.69, 9.17) is 21.7 Å². The quantitative estimate of drug-likeness (QED) is 0.808. The maximum absolute atomic E-state index is 12.5. The molecule has 0 aliphatic carbocycles. The van der Waals surface area contributed by atoms with Crippen molar-refractivity contribution in [3.8, 4) is 11.5 Å². The first-order chi connectivity index (χ1) is 11.9. The Bertz CT molecular complexity index is 763. The molecule has 25 heavy (non-hydrogen) atoms. The first kappa shape index (κ1) is 17.3. The third-order valence-corrected chi connectivity index (χ3v) is 3.91. The molecular formula is C17H15F3N2O2S. The van der Waals surface area contributed by atoms with Gasteiger partial charge in [-0.3, -0.25) is 0 Å². The Labute approximate surface area is 147 Å². The molecule has 0 saturated carbocycles. The molecule has 0 radical (unpaired) electrons. The van der Waals surface area contributed by atoms with Gasteiger partial charge >= 0.3 is 6.18 Å². The highest BCUT2D eigenvalue weighted by Gasteiger charge is 2.29. The molecule has 1 heterocycles. The van der Waals surface area contributed by atoms with Gasteiger partial charge in [-0.15, -0.1) is 0 Å². The van der Waals surface area contributed by atoms with Crippen LogP contribution in [0.15, 0.2) is 42.5 Å². The summed E-state index contributed by atoms with van der Waals surface area (Å²) in [4.78, 5) is 0. The average Bonchev–Trinajstić information content (AvgIpc) is 3.05. The third kappa shape index (κ3) is 4.54. The fraction of sp³-hybridized carbons (Fsp3) is 0.235. The van der Waals surface area contributed by atoms with E-state index in [0.29, 0.717) is 35.3 Å². The van der Waals surface area contributed by atoms with Gasteiger partial charge in [-0.05, 0) is 47.6 Å². The summed E-state index contributed by atoms with van der Waals surface area (Å²) in [6.45, 7) is 1.06. The van der Waals surface area contributed by atoms with Crippen LogP contribution in [0, 0.1) is 0 Å². The van der Waals surface area contributed by atoms with Gasteiger partial charge in [-0.25, -0.2) is 0 Å². The standard InChI is InChI=1S/C17H15F3N2O2S/c18-17(19,20)13-4-1-11(2-5-13)8-21-16(25)22-9-12-3-6-14-15(7-12)24-10-23-14/h1-7H,8-10H2,(H2,21,22,25). The molecule has 4 nitrogen and oxygen atoms in total. The topological polar surface area (TPSA) is 42.5 Å². The average molecular weight is 368 g/mol. The van der Waals surface area contributed by atoms with Gasteiger partial charge < -0.3 is 20.1 Å². The fourth-order valence-electron chi connectivity index (χ4n) is 2.29. The van der Waals surface area contributed by atoms with E-state index in [1.807, 2.05) is 18.2 Å². The van der Waals surface area contributed by atoms with E-state index in [-0.39, 0.29) is 6.79 Å². The monoisotopic (exact) mass is 368 g/mol. The number of rotatable bonds is 4. The van der Waals surface area contributed by atoms with E-state index >= 15 is 0 Å². The lowest BCUT2D eigenvalue weighted by Crippen LogP contribution is -2.34. The Kier molecular flexibility index (Phi) is 4.98. The minimum absolute atomic E-state index is 0.222. The van der Waals surface area contributed by atoms with Crippen LogP contribution < -0.4 is 20.1 Å². The van der Waals surface area contributed by atoms with E-state index in [2.05, 4.69) is 10.6 Å². The third-order valence-electron chi connectivity index (χ3n) is 3.62. The second-order valence-corrected chi connectivity index (χ2v) is 5.83. The van der Waals surface area contributed by atoms with E-state index < -0.39 is 11.7 Å². The van der Waals surface area contributed by atoms with Crippen molar-refractivity contribution in [1.29, 1.82) is 0 Å². The second kappa shape index (κ2) is 7.18. The van der Waals surface area contributed by atoms with Gasteiger partial charge in [-0.1, -0.05) is 18.2 Å². The summed E-state index contributed by atoms with van der Waals surface area (Å²) in [5.41, 5.74) is 1.02. The van der Waals surface area contributed by atoms with Gasteiger partial charge in [-0.2, -0.15) is 13.2 Å². The van der Waals surface area contributed by atoms with Crippen LogP contribution in [0.25, 0.3) is 0 Å². The van der Waals surface area contributed by atoms with E-state index in [1.165, 1.54) is 12.1 Å². The van der Waals surface area contributed by atoms with Gasteiger partial charge in [0.15, 0.2) is 16.6 Å². The summed E-state index contributed by atoms with van der Waals surface area (Å²) in [6.07, 6.45) is -4.33. The Morgan fingerprint density at radius 3 is 2.20 bits per heavy atom. The van der Waals surface area contributed by atoms with Crippen LogP contribution in [0.4, 0.5) is 13.2 Å². The first-order valence-electron chi connectivity index (χ1n) is 7.48. The van der Waals surface area contributed by atoms with Crippen molar-refractivity contribution in [3.63, 3.8) is 0 Å². The molecule has 2 aromatic carbocycles. The van der Waals surface area contributed by atoms with Crippen molar-refractivity contribution >= 4 is 17.3 Å². The minimum Gasteiger partial charge on any atom is -0.454 e. The van der Waals surface area contributed by atoms with Crippen LogP contribution in [0.5, 0.6) is 11.5 Å². The van der Waals surface area contributed by atoms with Gasteiger partial charge in [0.1, 0.15) is 0 Å². The predicted molar refractivity (Wildman–Crippen MR) is 90.3 cm³/mol. The highest BCUT2D eigenvalue weighted by molar-refractivity contribution is 7.80. The molecule has 0 spiro atoms. The molecule has 2 aromatic rings. The number of thiocarbonyl (C=S) groups is 1. The number of nitrogens with one attached hydrogen (secondary N) is 2. The Morgan fingerprint density at radius 2 is 1.52 bits per heavy atom. The molecule has 0 aromatic heterocycles. The zero-order valence-electron chi connectivity index (χ0n) is 13.0. The molecule has 1 aliphatic heterocycles. The maximum atomic E-state index is 12.5. The van der Waals surface area contributed by atoms with Crippen molar-refractivity contribution in [1.82, 2.24) is 10.6 Å². The van der Waals surface area contributed by atoms with Gasteiger partial charge in [0.2, 0.25) is 6.79 Å². The summed E-state index contributed by atoms with van der Waals surface area (Å²) < 4.78 is 48.1. The first-order valence-corrected chi connectivity index (χ1v) is 7.89. The summed E-state index contributed by atoms with van der Waals surface area (Å²) in [7, 11) is 0. The number of alkyl halides is 3. The fourth-order valence-corrected chi connectivity index (χ4v) is 2.43. The van der Waals surface area contributed by atoms with Crippen LogP contribution in [0.2, 0.25) is 0 Å². The zero-order chi connectivity index (χ0) is 17.9. The summed E-state index contributed by atoms with van der Waals surface area (Å²) in [6, 6.07) is 10.6. The highest BCUT2D eigenvalue weighted by atomic mass is 32.1. The highest BCUT2D eigenvalue weighted by Crippen LogP contribution is 2.32. The second-order valence-electron chi connectivity index (χ2n) is 5.42. The van der Waals surface area contributed by atoms with Crippen LogP contribution in [-0.4, -0.2) is 11.9 Å². The Hall–Kier alpha value is -2.48. The van der Waals surface area contributed by atoms with Crippen LogP contribution in [0.1, 0.15) is 16.7 Å². The number of halogens is 3. The van der Waals surface area contributed by atoms with Crippen molar-refractivity contribution in [3.05, 3.63) is 59.2 Å². The Balaban J connectivity index is 1.46. The Morgan fingerprint density at radius 1 is 0.920 bits per heavy atom. The number of ether oxygens (including phenoxy) is 2. The summed E-state index contributed by atoms with van der Waals surface area (Å²) in [5.74, 6) is 1.41. The SMILES string of the molecule is FC(F)(F)c1ccc(CNC(=S)NCc2ccc3c(c2)OCO3)cc1. The van der Waals surface area contributed by atoms with Crippen LogP contribution in [0.3, 0.4) is 0 Å². The summed E-state index contributed by atoms with van der Waals surface area (Å²) in [5, 5.41) is 6.42. The van der Waals surface area contributed by atoms with E-state index in [1.54, 1.807) is 0 Å². The molecule has 0 atom stereocenters.